The first-order chi connectivity index (χ1) is 23.9. The first-order valence-corrected chi connectivity index (χ1v) is 16.6. The van der Waals surface area contributed by atoms with E-state index in [9.17, 15) is 0 Å². The maximum atomic E-state index is 4.46. The van der Waals surface area contributed by atoms with Gasteiger partial charge < -0.3 is 4.90 Å². The molecule has 48 heavy (non-hydrogen) atoms. The van der Waals surface area contributed by atoms with E-state index in [1.54, 1.807) is 0 Å². The zero-order valence-corrected chi connectivity index (χ0v) is 26.2. The summed E-state index contributed by atoms with van der Waals surface area (Å²) in [5, 5.41) is 2.49. The molecule has 7 aromatic carbocycles. The van der Waals surface area contributed by atoms with Gasteiger partial charge in [0.05, 0.1) is 16.8 Å². The third-order valence-electron chi connectivity index (χ3n) is 10.4. The van der Waals surface area contributed by atoms with E-state index in [1.807, 2.05) is 18.5 Å². The van der Waals surface area contributed by atoms with Gasteiger partial charge >= 0.3 is 0 Å². The van der Waals surface area contributed by atoms with Gasteiger partial charge in [-0.3, -0.25) is 4.98 Å². The van der Waals surface area contributed by atoms with Crippen molar-refractivity contribution in [3.8, 4) is 33.4 Å². The molecule has 0 saturated heterocycles. The van der Waals surface area contributed by atoms with E-state index in [-0.39, 0.29) is 0 Å². The van der Waals surface area contributed by atoms with E-state index < -0.39 is 5.41 Å². The molecule has 10 rings (SSSR count). The van der Waals surface area contributed by atoms with Gasteiger partial charge in [-0.1, -0.05) is 146 Å². The summed E-state index contributed by atoms with van der Waals surface area (Å²) in [5.41, 5.74) is 15.6. The van der Waals surface area contributed by atoms with Crippen LogP contribution in [0.2, 0.25) is 0 Å². The van der Waals surface area contributed by atoms with Gasteiger partial charge in [-0.05, 0) is 68.6 Å². The Morgan fingerprint density at radius 3 is 1.85 bits per heavy atom. The second-order valence-electron chi connectivity index (χ2n) is 12.7. The van der Waals surface area contributed by atoms with Crippen molar-refractivity contribution in [3.63, 3.8) is 0 Å². The fraction of sp³-hybridized carbons (Fsp3) is 0.0217. The Bertz CT molecular complexity index is 2450. The molecule has 2 aliphatic rings. The number of fused-ring (bicyclic) bond motifs is 6. The molecule has 0 bridgehead atoms. The summed E-state index contributed by atoms with van der Waals surface area (Å²) in [7, 11) is 0. The van der Waals surface area contributed by atoms with E-state index in [4.69, 9.17) is 0 Å². The van der Waals surface area contributed by atoms with Crippen LogP contribution in [-0.4, -0.2) is 4.98 Å². The van der Waals surface area contributed by atoms with Crippen LogP contribution in [0, 0.1) is 0 Å². The van der Waals surface area contributed by atoms with Gasteiger partial charge in [0.25, 0.3) is 0 Å². The van der Waals surface area contributed by atoms with Gasteiger partial charge in [0.2, 0.25) is 0 Å². The van der Waals surface area contributed by atoms with Crippen molar-refractivity contribution in [1.29, 1.82) is 0 Å². The quantitative estimate of drug-likeness (QED) is 0.197. The molecule has 224 valence electrons. The van der Waals surface area contributed by atoms with Crippen LogP contribution in [0.25, 0.3) is 44.2 Å². The minimum absolute atomic E-state index is 0.470. The summed E-state index contributed by atoms with van der Waals surface area (Å²) in [4.78, 5) is 6.97. The Hall–Kier alpha value is -6.25. The van der Waals surface area contributed by atoms with Gasteiger partial charge in [-0.25, -0.2) is 0 Å². The number of para-hydroxylation sites is 1. The van der Waals surface area contributed by atoms with Gasteiger partial charge in [0.15, 0.2) is 0 Å². The Morgan fingerprint density at radius 1 is 0.458 bits per heavy atom. The van der Waals surface area contributed by atoms with Crippen LogP contribution in [0.3, 0.4) is 0 Å². The van der Waals surface area contributed by atoms with Crippen molar-refractivity contribution in [2.75, 3.05) is 4.90 Å². The monoisotopic (exact) mass is 610 g/mol. The summed E-state index contributed by atoms with van der Waals surface area (Å²) >= 11 is 0. The third-order valence-corrected chi connectivity index (χ3v) is 10.4. The molecular weight excluding hydrogens is 581 g/mol. The Morgan fingerprint density at radius 2 is 1.12 bits per heavy atom. The fourth-order valence-electron chi connectivity index (χ4n) is 8.50. The van der Waals surface area contributed by atoms with Gasteiger partial charge in [0, 0.05) is 40.2 Å². The lowest BCUT2D eigenvalue weighted by Crippen LogP contribution is -2.28. The number of pyridine rings is 1. The molecule has 0 spiro atoms. The molecule has 2 heteroatoms. The van der Waals surface area contributed by atoms with Crippen molar-refractivity contribution in [2.24, 2.45) is 0 Å². The molecule has 1 aliphatic heterocycles. The number of rotatable bonds is 4. The molecule has 1 aliphatic carbocycles. The molecule has 2 heterocycles. The van der Waals surface area contributed by atoms with Crippen LogP contribution >= 0.6 is 0 Å². The summed E-state index contributed by atoms with van der Waals surface area (Å²) in [5.74, 6) is 0. The highest BCUT2D eigenvalue weighted by Crippen LogP contribution is 2.63. The summed E-state index contributed by atoms with van der Waals surface area (Å²) < 4.78 is 0. The Balaban J connectivity index is 1.36. The topological polar surface area (TPSA) is 16.1 Å². The van der Waals surface area contributed by atoms with E-state index in [1.165, 1.54) is 72.2 Å². The first kappa shape index (κ1) is 26.9. The highest BCUT2D eigenvalue weighted by atomic mass is 15.2. The largest absolute Gasteiger partial charge is 0.309 e. The number of hydrogen-bond donors (Lipinski definition) is 0. The summed E-state index contributed by atoms with van der Waals surface area (Å²) in [6, 6.07) is 62.3. The highest BCUT2D eigenvalue weighted by Gasteiger charge is 2.48. The normalized spacial score (nSPS) is 13.5. The second-order valence-corrected chi connectivity index (χ2v) is 12.7. The smallest absolute Gasteiger partial charge is 0.0714 e. The molecule has 0 N–H and O–H groups in total. The van der Waals surface area contributed by atoms with E-state index in [0.717, 1.165) is 11.3 Å². The summed E-state index contributed by atoms with van der Waals surface area (Å²) in [6.45, 7) is 0. The highest BCUT2D eigenvalue weighted by molar-refractivity contribution is 6.20. The molecule has 2 nitrogen and oxygen atoms in total. The van der Waals surface area contributed by atoms with Gasteiger partial charge in [0.1, 0.15) is 0 Å². The maximum Gasteiger partial charge on any atom is 0.0714 e. The average Bonchev–Trinajstić information content (AvgIpc) is 3.48. The molecule has 0 atom stereocenters. The average molecular weight is 611 g/mol. The van der Waals surface area contributed by atoms with E-state index in [0.29, 0.717) is 0 Å². The van der Waals surface area contributed by atoms with Gasteiger partial charge in [-0.2, -0.15) is 0 Å². The first-order valence-electron chi connectivity index (χ1n) is 16.6. The predicted octanol–water partition coefficient (Wildman–Crippen LogP) is 11.7. The zero-order chi connectivity index (χ0) is 31.7. The van der Waals surface area contributed by atoms with E-state index in [2.05, 4.69) is 174 Å². The summed E-state index contributed by atoms with van der Waals surface area (Å²) in [6.07, 6.45) is 3.80. The lowest BCUT2D eigenvalue weighted by atomic mass is 9.67. The van der Waals surface area contributed by atoms with Crippen LogP contribution in [0.1, 0.15) is 22.3 Å². The Labute approximate surface area is 280 Å². The molecule has 0 unspecified atom stereocenters. The Kier molecular flexibility index (Phi) is 5.82. The van der Waals surface area contributed by atoms with E-state index >= 15 is 0 Å². The third kappa shape index (κ3) is 3.60. The zero-order valence-electron chi connectivity index (χ0n) is 26.2. The predicted molar refractivity (Wildman–Crippen MR) is 198 cm³/mol. The molecule has 0 radical (unpaired) electrons. The van der Waals surface area contributed by atoms with Crippen LogP contribution in [-0.2, 0) is 5.41 Å². The van der Waals surface area contributed by atoms with Crippen LogP contribution in [0.5, 0.6) is 0 Å². The SMILES string of the molecule is c1ccc(N2c3c(ccc4c3-c3ccccc3C4(c3ccccc3)c3ccccc3)-c3ccc(-c4cccnc4)c4cccc2c34)cc1. The minimum atomic E-state index is -0.470. The lowest BCUT2D eigenvalue weighted by molar-refractivity contribution is 0.768. The second kappa shape index (κ2) is 10.4. The molecule has 0 saturated carbocycles. The van der Waals surface area contributed by atoms with Crippen molar-refractivity contribution in [3.05, 3.63) is 205 Å². The molecule has 0 fully saturated rings. The molecule has 1 aromatic heterocycles. The van der Waals surface area contributed by atoms with Crippen molar-refractivity contribution in [2.45, 2.75) is 5.41 Å². The van der Waals surface area contributed by atoms with Crippen molar-refractivity contribution < 1.29 is 0 Å². The fourth-order valence-corrected chi connectivity index (χ4v) is 8.50. The number of aromatic nitrogens is 1. The van der Waals surface area contributed by atoms with Crippen LogP contribution in [0.4, 0.5) is 17.1 Å². The lowest BCUT2D eigenvalue weighted by Gasteiger charge is -2.37. The maximum absolute atomic E-state index is 4.46. The van der Waals surface area contributed by atoms with Crippen molar-refractivity contribution in [1.82, 2.24) is 4.98 Å². The van der Waals surface area contributed by atoms with Crippen LogP contribution < -0.4 is 4.90 Å². The standard InChI is InChI=1S/C46H30N2/c1-4-15-32(16-5-1)46(33-17-6-2-7-18-33)40-23-11-10-21-39(40)44-41(46)28-27-38-37-26-25-35(31-14-13-29-47-30-31)36-22-12-24-42(43(36)37)48(45(38)44)34-19-8-3-9-20-34/h1-30H. The molecule has 8 aromatic rings. The number of hydrogen-bond acceptors (Lipinski definition) is 2. The van der Waals surface area contributed by atoms with Crippen LogP contribution in [0.15, 0.2) is 182 Å². The number of anilines is 3. The molecule has 0 amide bonds. The number of benzene rings is 7. The van der Waals surface area contributed by atoms with Crippen molar-refractivity contribution >= 4 is 27.8 Å². The van der Waals surface area contributed by atoms with Gasteiger partial charge in [-0.15, -0.1) is 0 Å². The molecular formula is C46H30N2. The minimum Gasteiger partial charge on any atom is -0.309 e. The number of nitrogens with zero attached hydrogens (tertiary/aromatic N) is 2.